The molecule has 0 saturated carbocycles. The van der Waals surface area contributed by atoms with Crippen molar-refractivity contribution in [3.63, 3.8) is 0 Å². The Bertz CT molecular complexity index is 449. The summed E-state index contributed by atoms with van der Waals surface area (Å²) in [6, 6.07) is 3.62. The Labute approximate surface area is 106 Å². The standard InChI is InChI=1S/C10H9IN2O3/c11-7-2-1-3-12-9(7)13-5-6(10(15)16)4-8(13)14/h1-3,6H,4-5H2,(H,15,16). The second-order valence-electron chi connectivity index (χ2n) is 3.55. The highest BCUT2D eigenvalue weighted by Crippen LogP contribution is 2.26. The zero-order chi connectivity index (χ0) is 11.7. The molecule has 1 aromatic heterocycles. The zero-order valence-corrected chi connectivity index (χ0v) is 10.4. The van der Waals surface area contributed by atoms with Gasteiger partial charge in [-0.25, -0.2) is 4.98 Å². The van der Waals surface area contributed by atoms with Gasteiger partial charge in [-0.1, -0.05) is 0 Å². The molecule has 2 heterocycles. The second kappa shape index (κ2) is 4.36. The highest BCUT2D eigenvalue weighted by atomic mass is 127. The highest BCUT2D eigenvalue weighted by Gasteiger charge is 2.36. The van der Waals surface area contributed by atoms with Gasteiger partial charge in [0.25, 0.3) is 0 Å². The summed E-state index contributed by atoms with van der Waals surface area (Å²) >= 11 is 2.08. The molecule has 1 unspecified atom stereocenters. The number of aromatic nitrogens is 1. The molecule has 5 nitrogen and oxygen atoms in total. The first-order valence-corrected chi connectivity index (χ1v) is 5.81. The molecule has 0 aromatic carbocycles. The number of nitrogens with zero attached hydrogens (tertiary/aromatic N) is 2. The van der Waals surface area contributed by atoms with Crippen LogP contribution in [0.2, 0.25) is 0 Å². The average Bonchev–Trinajstić information content (AvgIpc) is 2.61. The maximum atomic E-state index is 11.7. The van der Waals surface area contributed by atoms with E-state index in [2.05, 4.69) is 27.6 Å². The van der Waals surface area contributed by atoms with E-state index in [9.17, 15) is 9.59 Å². The van der Waals surface area contributed by atoms with E-state index in [-0.39, 0.29) is 18.9 Å². The van der Waals surface area contributed by atoms with E-state index in [0.717, 1.165) is 3.57 Å². The molecule has 1 atom stereocenters. The second-order valence-corrected chi connectivity index (χ2v) is 4.71. The van der Waals surface area contributed by atoms with E-state index >= 15 is 0 Å². The molecular formula is C10H9IN2O3. The number of aliphatic carboxylic acids is 1. The smallest absolute Gasteiger partial charge is 0.308 e. The predicted octanol–water partition coefficient (Wildman–Crippen LogP) is 1.12. The first kappa shape index (κ1) is 11.3. The largest absolute Gasteiger partial charge is 0.481 e. The van der Waals surface area contributed by atoms with Gasteiger partial charge < -0.3 is 5.11 Å². The maximum absolute atomic E-state index is 11.7. The quantitative estimate of drug-likeness (QED) is 0.824. The third-order valence-corrected chi connectivity index (χ3v) is 3.31. The molecule has 0 aliphatic carbocycles. The van der Waals surface area contributed by atoms with Crippen LogP contribution in [0.25, 0.3) is 0 Å². The molecule has 1 amide bonds. The Morgan fingerprint density at radius 3 is 2.94 bits per heavy atom. The summed E-state index contributed by atoms with van der Waals surface area (Å²) < 4.78 is 0.847. The van der Waals surface area contributed by atoms with Crippen LogP contribution in [-0.4, -0.2) is 28.5 Å². The average molecular weight is 332 g/mol. The first-order chi connectivity index (χ1) is 7.59. The van der Waals surface area contributed by atoms with Gasteiger partial charge in [0, 0.05) is 19.2 Å². The van der Waals surface area contributed by atoms with Crippen LogP contribution < -0.4 is 4.90 Å². The van der Waals surface area contributed by atoms with Crippen molar-refractivity contribution in [1.29, 1.82) is 0 Å². The lowest BCUT2D eigenvalue weighted by atomic mass is 10.1. The SMILES string of the molecule is O=C(O)C1CC(=O)N(c2ncccc2I)C1. The molecule has 0 bridgehead atoms. The van der Waals surface area contributed by atoms with Crippen molar-refractivity contribution in [2.75, 3.05) is 11.4 Å². The number of anilines is 1. The van der Waals surface area contributed by atoms with E-state index in [4.69, 9.17) is 5.11 Å². The Morgan fingerprint density at radius 1 is 1.62 bits per heavy atom. The fraction of sp³-hybridized carbons (Fsp3) is 0.300. The van der Waals surface area contributed by atoms with Gasteiger partial charge in [-0.05, 0) is 34.7 Å². The van der Waals surface area contributed by atoms with Crippen LogP contribution >= 0.6 is 22.6 Å². The molecule has 1 fully saturated rings. The molecular weight excluding hydrogens is 323 g/mol. The number of pyridine rings is 1. The summed E-state index contributed by atoms with van der Waals surface area (Å²) in [4.78, 5) is 28.0. The number of hydrogen-bond acceptors (Lipinski definition) is 3. The Hall–Kier alpha value is -1.18. The Morgan fingerprint density at radius 2 is 2.38 bits per heavy atom. The Balaban J connectivity index is 2.27. The summed E-state index contributed by atoms with van der Waals surface area (Å²) in [6.07, 6.45) is 1.65. The lowest BCUT2D eigenvalue weighted by Crippen LogP contribution is -2.27. The van der Waals surface area contributed by atoms with E-state index in [1.807, 2.05) is 6.07 Å². The lowest BCUT2D eigenvalue weighted by Gasteiger charge is -2.15. The molecule has 1 saturated heterocycles. The molecule has 1 aliphatic rings. The molecule has 0 spiro atoms. The summed E-state index contributed by atoms with van der Waals surface area (Å²) in [7, 11) is 0. The van der Waals surface area contributed by atoms with Crippen molar-refractivity contribution < 1.29 is 14.7 Å². The van der Waals surface area contributed by atoms with Crippen LogP contribution in [0.5, 0.6) is 0 Å². The fourth-order valence-corrected chi connectivity index (χ4v) is 2.29. The minimum absolute atomic E-state index is 0.0575. The molecule has 16 heavy (non-hydrogen) atoms. The first-order valence-electron chi connectivity index (χ1n) is 4.73. The molecule has 84 valence electrons. The van der Waals surface area contributed by atoms with E-state index in [1.54, 1.807) is 12.3 Å². The van der Waals surface area contributed by atoms with Crippen LogP contribution in [0.15, 0.2) is 18.3 Å². The van der Waals surface area contributed by atoms with Gasteiger partial charge in [0.2, 0.25) is 5.91 Å². The van der Waals surface area contributed by atoms with Crippen molar-refractivity contribution in [2.45, 2.75) is 6.42 Å². The minimum Gasteiger partial charge on any atom is -0.481 e. The molecule has 1 aliphatic heterocycles. The number of halogens is 1. The van der Waals surface area contributed by atoms with Crippen LogP contribution in [0, 0.1) is 9.49 Å². The number of carbonyl (C=O) groups excluding carboxylic acids is 1. The lowest BCUT2D eigenvalue weighted by molar-refractivity contribution is -0.141. The van der Waals surface area contributed by atoms with E-state index in [0.29, 0.717) is 5.82 Å². The van der Waals surface area contributed by atoms with Crippen molar-refractivity contribution >= 4 is 40.3 Å². The minimum atomic E-state index is -0.929. The van der Waals surface area contributed by atoms with Crippen molar-refractivity contribution in [2.24, 2.45) is 5.92 Å². The zero-order valence-electron chi connectivity index (χ0n) is 8.26. The normalized spacial score (nSPS) is 20.2. The van der Waals surface area contributed by atoms with Gasteiger partial charge in [-0.3, -0.25) is 14.5 Å². The fourth-order valence-electron chi connectivity index (χ4n) is 1.65. The topological polar surface area (TPSA) is 70.5 Å². The number of carbonyl (C=O) groups is 2. The van der Waals surface area contributed by atoms with Crippen molar-refractivity contribution in [1.82, 2.24) is 4.98 Å². The summed E-state index contributed by atoms with van der Waals surface area (Å²) in [5.74, 6) is -1.17. The molecule has 1 N–H and O–H groups in total. The number of rotatable bonds is 2. The summed E-state index contributed by atoms with van der Waals surface area (Å²) in [5, 5.41) is 8.86. The molecule has 6 heteroatoms. The van der Waals surface area contributed by atoms with Gasteiger partial charge in [0.05, 0.1) is 9.49 Å². The van der Waals surface area contributed by atoms with Crippen LogP contribution in [0.3, 0.4) is 0 Å². The van der Waals surface area contributed by atoms with Crippen molar-refractivity contribution in [3.8, 4) is 0 Å². The maximum Gasteiger partial charge on any atom is 0.308 e. The molecule has 2 rings (SSSR count). The van der Waals surface area contributed by atoms with Gasteiger partial charge in [-0.15, -0.1) is 0 Å². The number of carboxylic acid groups (broad SMARTS) is 1. The summed E-state index contributed by atoms with van der Waals surface area (Å²) in [5.41, 5.74) is 0. The summed E-state index contributed by atoms with van der Waals surface area (Å²) in [6.45, 7) is 0.210. The van der Waals surface area contributed by atoms with Crippen molar-refractivity contribution in [3.05, 3.63) is 21.9 Å². The number of carboxylic acids is 1. The van der Waals surface area contributed by atoms with Gasteiger partial charge in [0.15, 0.2) is 0 Å². The van der Waals surface area contributed by atoms with Crippen LogP contribution in [0.4, 0.5) is 5.82 Å². The van der Waals surface area contributed by atoms with Gasteiger partial charge >= 0.3 is 5.97 Å². The van der Waals surface area contributed by atoms with Gasteiger partial charge in [-0.2, -0.15) is 0 Å². The van der Waals surface area contributed by atoms with E-state index in [1.165, 1.54) is 4.90 Å². The molecule has 1 aromatic rings. The molecule has 0 radical (unpaired) electrons. The van der Waals surface area contributed by atoms with Gasteiger partial charge in [0.1, 0.15) is 5.82 Å². The van der Waals surface area contributed by atoms with E-state index < -0.39 is 11.9 Å². The number of amides is 1. The van der Waals surface area contributed by atoms with Crippen LogP contribution in [-0.2, 0) is 9.59 Å². The Kier molecular flexibility index (Phi) is 3.08. The highest BCUT2D eigenvalue weighted by molar-refractivity contribution is 14.1. The monoisotopic (exact) mass is 332 g/mol. The number of hydrogen-bond donors (Lipinski definition) is 1. The third kappa shape index (κ3) is 2.01. The third-order valence-electron chi connectivity index (χ3n) is 2.47. The predicted molar refractivity (Wildman–Crippen MR) is 65.0 cm³/mol. The van der Waals surface area contributed by atoms with Crippen LogP contribution in [0.1, 0.15) is 6.42 Å².